The molecule has 0 bridgehead atoms. The van der Waals surface area contributed by atoms with Gasteiger partial charge in [0.1, 0.15) is 11.6 Å². The van der Waals surface area contributed by atoms with Crippen LogP contribution in [-0.2, 0) is 16.6 Å². The summed E-state index contributed by atoms with van der Waals surface area (Å²) in [6.07, 6.45) is 4.58. The Kier molecular flexibility index (Phi) is 6.71. The molecular weight excluding hydrogens is 338 g/mol. The summed E-state index contributed by atoms with van der Waals surface area (Å²) in [5, 5.41) is 0. The van der Waals surface area contributed by atoms with E-state index < -0.39 is 0 Å². The van der Waals surface area contributed by atoms with E-state index in [-0.39, 0.29) is 5.41 Å². The van der Waals surface area contributed by atoms with Crippen molar-refractivity contribution in [1.82, 2.24) is 14.9 Å². The summed E-state index contributed by atoms with van der Waals surface area (Å²) in [4.78, 5) is 14.7. The van der Waals surface area contributed by atoms with Gasteiger partial charge in [-0.3, -0.25) is 4.90 Å². The fourth-order valence-corrected chi connectivity index (χ4v) is 3.90. The molecule has 2 heterocycles. The Morgan fingerprint density at radius 1 is 1.15 bits per heavy atom. The Morgan fingerprint density at radius 3 is 2.44 bits per heavy atom. The number of ether oxygens (including phenoxy) is 1. The molecule has 0 spiro atoms. The molecule has 1 saturated heterocycles. The quantitative estimate of drug-likeness (QED) is 0.788. The SMILES string of the molecule is COCCc1cc(N2CCN(CCC3CC(N)C3)CC2)nc(C(C)(C)C)n1. The van der Waals surface area contributed by atoms with Gasteiger partial charge in [-0.15, -0.1) is 0 Å². The molecule has 1 aliphatic heterocycles. The van der Waals surface area contributed by atoms with Crippen LogP contribution in [-0.4, -0.2) is 67.4 Å². The largest absolute Gasteiger partial charge is 0.384 e. The Balaban J connectivity index is 1.59. The van der Waals surface area contributed by atoms with Crippen molar-refractivity contribution in [3.63, 3.8) is 0 Å². The minimum atomic E-state index is -0.0523. The van der Waals surface area contributed by atoms with Crippen molar-refractivity contribution in [3.8, 4) is 0 Å². The topological polar surface area (TPSA) is 67.5 Å². The van der Waals surface area contributed by atoms with Gasteiger partial charge >= 0.3 is 0 Å². The molecule has 1 aliphatic carbocycles. The first-order valence-corrected chi connectivity index (χ1v) is 10.5. The lowest BCUT2D eigenvalue weighted by atomic mass is 9.79. The van der Waals surface area contributed by atoms with Crippen LogP contribution in [0.25, 0.3) is 0 Å². The minimum absolute atomic E-state index is 0.0523. The van der Waals surface area contributed by atoms with Gasteiger partial charge in [0.25, 0.3) is 0 Å². The molecule has 0 aromatic carbocycles. The molecule has 2 N–H and O–H groups in total. The zero-order chi connectivity index (χ0) is 19.4. The van der Waals surface area contributed by atoms with Crippen molar-refractivity contribution in [2.45, 2.75) is 57.9 Å². The van der Waals surface area contributed by atoms with Gasteiger partial charge in [0.2, 0.25) is 0 Å². The molecule has 1 aromatic heterocycles. The smallest absolute Gasteiger partial charge is 0.136 e. The lowest BCUT2D eigenvalue weighted by Crippen LogP contribution is -2.48. The summed E-state index contributed by atoms with van der Waals surface area (Å²) in [6, 6.07) is 2.62. The van der Waals surface area contributed by atoms with E-state index in [1.807, 2.05) is 0 Å². The third-order valence-corrected chi connectivity index (χ3v) is 5.82. The van der Waals surface area contributed by atoms with Crippen LogP contribution < -0.4 is 10.6 Å². The molecule has 0 radical (unpaired) electrons. The number of hydrogen-bond donors (Lipinski definition) is 1. The standard InChI is InChI=1S/C21H37N5O/c1-21(2,3)20-23-18(6-12-27-4)15-19(24-20)26-10-8-25(9-11-26)7-5-16-13-17(22)14-16/h15-17H,5-14,22H2,1-4H3. The van der Waals surface area contributed by atoms with Crippen molar-refractivity contribution in [1.29, 1.82) is 0 Å². The monoisotopic (exact) mass is 375 g/mol. The number of hydrogen-bond acceptors (Lipinski definition) is 6. The van der Waals surface area contributed by atoms with Crippen LogP contribution in [0.5, 0.6) is 0 Å². The van der Waals surface area contributed by atoms with E-state index in [2.05, 4.69) is 36.6 Å². The molecule has 2 fully saturated rings. The Bertz CT molecular complexity index is 601. The second-order valence-electron chi connectivity index (χ2n) is 9.25. The summed E-state index contributed by atoms with van der Waals surface area (Å²) in [6.45, 7) is 12.7. The molecule has 3 rings (SSSR count). The van der Waals surface area contributed by atoms with Gasteiger partial charge in [0, 0.05) is 62.9 Å². The lowest BCUT2D eigenvalue weighted by molar-refractivity contribution is 0.189. The fourth-order valence-electron chi connectivity index (χ4n) is 3.90. The zero-order valence-electron chi connectivity index (χ0n) is 17.6. The van der Waals surface area contributed by atoms with Crippen molar-refractivity contribution in [2.75, 3.05) is 51.3 Å². The fraction of sp³-hybridized carbons (Fsp3) is 0.810. The minimum Gasteiger partial charge on any atom is -0.384 e. The third-order valence-electron chi connectivity index (χ3n) is 5.82. The van der Waals surface area contributed by atoms with Crippen LogP contribution in [0.15, 0.2) is 6.07 Å². The summed E-state index contributed by atoms with van der Waals surface area (Å²) in [5.41, 5.74) is 6.93. The molecule has 1 saturated carbocycles. The van der Waals surface area contributed by atoms with E-state index in [1.165, 1.54) is 25.8 Å². The highest BCUT2D eigenvalue weighted by molar-refractivity contribution is 5.41. The zero-order valence-corrected chi connectivity index (χ0v) is 17.6. The highest BCUT2D eigenvalue weighted by Gasteiger charge is 2.27. The van der Waals surface area contributed by atoms with Gasteiger partial charge in [-0.05, 0) is 31.7 Å². The average Bonchev–Trinajstić information content (AvgIpc) is 2.62. The molecular formula is C21H37N5O. The average molecular weight is 376 g/mol. The van der Waals surface area contributed by atoms with Crippen LogP contribution in [0.1, 0.15) is 51.6 Å². The predicted octanol–water partition coefficient (Wildman–Crippen LogP) is 2.21. The van der Waals surface area contributed by atoms with Crippen LogP contribution in [0, 0.1) is 5.92 Å². The summed E-state index contributed by atoms with van der Waals surface area (Å²) < 4.78 is 5.25. The third kappa shape index (κ3) is 5.62. The Labute approximate surface area is 164 Å². The number of nitrogens with two attached hydrogens (primary N) is 1. The molecule has 1 aromatic rings. The molecule has 2 aliphatic rings. The molecule has 6 nitrogen and oxygen atoms in total. The van der Waals surface area contributed by atoms with Crippen LogP contribution >= 0.6 is 0 Å². The van der Waals surface area contributed by atoms with Gasteiger partial charge in [0.05, 0.1) is 6.61 Å². The van der Waals surface area contributed by atoms with Crippen LogP contribution in [0.4, 0.5) is 5.82 Å². The van der Waals surface area contributed by atoms with Crippen molar-refractivity contribution < 1.29 is 4.74 Å². The van der Waals surface area contributed by atoms with Gasteiger partial charge in [-0.25, -0.2) is 9.97 Å². The van der Waals surface area contributed by atoms with E-state index in [0.29, 0.717) is 12.6 Å². The predicted molar refractivity (Wildman–Crippen MR) is 110 cm³/mol. The first-order chi connectivity index (χ1) is 12.8. The van der Waals surface area contributed by atoms with Crippen LogP contribution in [0.3, 0.4) is 0 Å². The first-order valence-electron chi connectivity index (χ1n) is 10.5. The summed E-state index contributed by atoms with van der Waals surface area (Å²) >= 11 is 0. The second kappa shape index (κ2) is 8.84. The highest BCUT2D eigenvalue weighted by atomic mass is 16.5. The number of rotatable bonds is 7. The summed E-state index contributed by atoms with van der Waals surface area (Å²) in [5.74, 6) is 2.86. The van der Waals surface area contributed by atoms with Gasteiger partial charge in [-0.2, -0.15) is 0 Å². The lowest BCUT2D eigenvalue weighted by Gasteiger charge is -2.38. The Morgan fingerprint density at radius 2 is 1.85 bits per heavy atom. The number of anilines is 1. The molecule has 6 heteroatoms. The maximum atomic E-state index is 5.91. The van der Waals surface area contributed by atoms with Crippen molar-refractivity contribution >= 4 is 5.82 Å². The van der Waals surface area contributed by atoms with Gasteiger partial charge < -0.3 is 15.4 Å². The molecule has 152 valence electrons. The van der Waals surface area contributed by atoms with E-state index in [1.54, 1.807) is 7.11 Å². The summed E-state index contributed by atoms with van der Waals surface area (Å²) in [7, 11) is 1.74. The van der Waals surface area contributed by atoms with E-state index >= 15 is 0 Å². The maximum absolute atomic E-state index is 5.91. The number of methoxy groups -OCH3 is 1. The van der Waals surface area contributed by atoms with E-state index in [4.69, 9.17) is 20.4 Å². The highest BCUT2D eigenvalue weighted by Crippen LogP contribution is 2.29. The molecule has 0 unspecified atom stereocenters. The molecule has 0 amide bonds. The van der Waals surface area contributed by atoms with E-state index in [9.17, 15) is 0 Å². The normalized spacial score (nSPS) is 24.1. The van der Waals surface area contributed by atoms with Crippen LogP contribution in [0.2, 0.25) is 0 Å². The maximum Gasteiger partial charge on any atom is 0.136 e. The first kappa shape index (κ1) is 20.5. The Hall–Kier alpha value is -1.24. The second-order valence-corrected chi connectivity index (χ2v) is 9.25. The molecule has 27 heavy (non-hydrogen) atoms. The number of aromatic nitrogens is 2. The molecule has 0 atom stereocenters. The number of piperazine rings is 1. The van der Waals surface area contributed by atoms with Crippen molar-refractivity contribution in [3.05, 3.63) is 17.6 Å². The van der Waals surface area contributed by atoms with Gasteiger partial charge in [-0.1, -0.05) is 20.8 Å². The van der Waals surface area contributed by atoms with Crippen molar-refractivity contribution in [2.24, 2.45) is 11.7 Å². The van der Waals surface area contributed by atoms with Gasteiger partial charge in [0.15, 0.2) is 0 Å². The number of nitrogens with zero attached hydrogens (tertiary/aromatic N) is 4. The van der Waals surface area contributed by atoms with E-state index in [0.717, 1.165) is 55.9 Å².